The number of urea groups is 1. The molecule has 1 fully saturated rings. The highest BCUT2D eigenvalue weighted by atomic mass is 31.1. The molecular weight excluding hydrogens is 287 g/mol. The molecule has 0 spiro atoms. The van der Waals surface area contributed by atoms with Crippen LogP contribution in [0, 0.1) is 0 Å². The Balaban J connectivity index is 0.000000394. The van der Waals surface area contributed by atoms with Crippen LogP contribution in [0.15, 0.2) is 0 Å². The number of primary amides is 1. The van der Waals surface area contributed by atoms with Crippen LogP contribution in [0.4, 0.5) is 4.79 Å². The zero-order chi connectivity index (χ0) is 16.1. The minimum Gasteiger partial charge on any atom is -0.351 e. The van der Waals surface area contributed by atoms with E-state index >= 15 is 0 Å². The molecule has 0 aliphatic carbocycles. The van der Waals surface area contributed by atoms with Gasteiger partial charge in [0.2, 0.25) is 0 Å². The minimum absolute atomic E-state index is 0.0924. The number of hydrazine groups is 1. The third-order valence-corrected chi connectivity index (χ3v) is 5.13. The first-order valence-electron chi connectivity index (χ1n) is 7.89. The first kappa shape index (κ1) is 20.3. The van der Waals surface area contributed by atoms with Crippen molar-refractivity contribution in [1.82, 2.24) is 15.8 Å². The average Bonchev–Trinajstić information content (AvgIpc) is 2.97. The highest BCUT2D eigenvalue weighted by Crippen LogP contribution is 2.35. The molecule has 1 saturated heterocycles. The molecular formula is C14H31N4O2P. The zero-order valence-electron chi connectivity index (χ0n) is 13.7. The van der Waals surface area contributed by atoms with Crippen molar-refractivity contribution >= 4 is 14.5 Å². The Hall–Kier alpha value is -0.710. The van der Waals surface area contributed by atoms with Crippen molar-refractivity contribution in [3.05, 3.63) is 0 Å². The van der Waals surface area contributed by atoms with Gasteiger partial charge >= 0.3 is 6.03 Å². The second-order valence-corrected chi connectivity index (χ2v) is 6.51. The maximum absolute atomic E-state index is 11.0. The molecule has 1 aliphatic heterocycles. The Labute approximate surface area is 130 Å². The predicted octanol–water partition coefficient (Wildman–Crippen LogP) is 2.85. The van der Waals surface area contributed by atoms with Gasteiger partial charge in [-0.2, -0.15) is 0 Å². The maximum Gasteiger partial charge on any atom is 0.326 e. The van der Waals surface area contributed by atoms with Gasteiger partial charge in [0.25, 0.3) is 0 Å². The van der Waals surface area contributed by atoms with Gasteiger partial charge in [0.05, 0.1) is 11.8 Å². The normalized spacial score (nSPS) is 15.6. The Bertz CT molecular complexity index is 293. The van der Waals surface area contributed by atoms with E-state index in [1.807, 2.05) is 0 Å². The summed E-state index contributed by atoms with van der Waals surface area (Å²) in [4.78, 5) is 10.2. The first-order valence-corrected chi connectivity index (χ1v) is 8.71. The lowest BCUT2D eigenvalue weighted by atomic mass is 9.95. The van der Waals surface area contributed by atoms with Crippen LogP contribution in [0.1, 0.15) is 59.3 Å². The van der Waals surface area contributed by atoms with Gasteiger partial charge in [-0.25, -0.2) is 9.80 Å². The topological polar surface area (TPSA) is 87.5 Å². The van der Waals surface area contributed by atoms with Gasteiger partial charge < -0.3 is 11.1 Å². The molecule has 2 amide bonds. The highest BCUT2D eigenvalue weighted by Gasteiger charge is 2.25. The Kier molecular flexibility index (Phi) is 11.5. The standard InChI is InChI=1S/C10H21OP.C4H10N4O/c1-4-7-8-9-10(5-2,6-3)12-11;5-4(9)7-8-2-1-6-3-8/h4-9H2,1-3H3;6H,1-3H2,(H3,5,7,9). The molecule has 0 aromatic heterocycles. The number of hydrogen-bond acceptors (Lipinski definition) is 4. The van der Waals surface area contributed by atoms with Crippen LogP contribution >= 0.6 is 8.46 Å². The molecule has 1 rings (SSSR count). The summed E-state index contributed by atoms with van der Waals surface area (Å²) in [6.07, 6.45) is 6.96. The molecule has 124 valence electrons. The average molecular weight is 318 g/mol. The summed E-state index contributed by atoms with van der Waals surface area (Å²) in [5.41, 5.74) is 7.30. The Morgan fingerprint density at radius 1 is 1.33 bits per heavy atom. The molecule has 0 unspecified atom stereocenters. The Morgan fingerprint density at radius 2 is 2.00 bits per heavy atom. The second-order valence-electron chi connectivity index (χ2n) is 5.38. The van der Waals surface area contributed by atoms with E-state index in [-0.39, 0.29) is 5.16 Å². The van der Waals surface area contributed by atoms with Gasteiger partial charge in [0.15, 0.2) is 8.46 Å². The summed E-state index contributed by atoms with van der Waals surface area (Å²) >= 11 is 0. The molecule has 4 N–H and O–H groups in total. The van der Waals surface area contributed by atoms with Gasteiger partial charge in [-0.1, -0.05) is 40.0 Å². The number of hydrogen-bond donors (Lipinski definition) is 3. The van der Waals surface area contributed by atoms with Crippen molar-refractivity contribution < 1.29 is 9.36 Å². The fourth-order valence-corrected chi connectivity index (χ4v) is 2.75. The van der Waals surface area contributed by atoms with Gasteiger partial charge in [0, 0.05) is 13.1 Å². The summed E-state index contributed by atoms with van der Waals surface area (Å²) in [7, 11) is 0.349. The molecule has 0 bridgehead atoms. The first-order chi connectivity index (χ1) is 10.0. The number of carbonyl (C=O) groups excluding carboxylic acids is 1. The second kappa shape index (κ2) is 11.9. The van der Waals surface area contributed by atoms with Crippen LogP contribution < -0.4 is 16.5 Å². The van der Waals surface area contributed by atoms with E-state index in [0.717, 1.165) is 32.4 Å². The summed E-state index contributed by atoms with van der Waals surface area (Å²) < 4.78 is 11.0. The van der Waals surface area contributed by atoms with Gasteiger partial charge in [0.1, 0.15) is 0 Å². The molecule has 0 aromatic carbocycles. The molecule has 6 nitrogen and oxygen atoms in total. The largest absolute Gasteiger partial charge is 0.351 e. The lowest BCUT2D eigenvalue weighted by Crippen LogP contribution is -2.44. The van der Waals surface area contributed by atoms with Gasteiger partial charge in [-0.15, -0.1) is 0 Å². The number of amides is 2. The molecule has 1 aliphatic rings. The minimum atomic E-state index is -0.501. The van der Waals surface area contributed by atoms with Crippen LogP contribution in [0.25, 0.3) is 0 Å². The summed E-state index contributed by atoms with van der Waals surface area (Å²) in [5, 5.41) is 4.85. The van der Waals surface area contributed by atoms with Gasteiger partial charge in [-0.05, 0) is 19.3 Å². The molecule has 7 heteroatoms. The number of nitrogens with zero attached hydrogens (tertiary/aromatic N) is 1. The fraction of sp³-hybridized carbons (Fsp3) is 0.929. The molecule has 21 heavy (non-hydrogen) atoms. The summed E-state index contributed by atoms with van der Waals surface area (Å²) in [6.45, 7) is 8.89. The van der Waals surface area contributed by atoms with Crippen molar-refractivity contribution in [2.75, 3.05) is 19.8 Å². The van der Waals surface area contributed by atoms with E-state index in [4.69, 9.17) is 5.73 Å². The van der Waals surface area contributed by atoms with Crippen molar-refractivity contribution in [1.29, 1.82) is 0 Å². The molecule has 0 saturated carbocycles. The third-order valence-electron chi connectivity index (χ3n) is 3.89. The Morgan fingerprint density at radius 3 is 2.38 bits per heavy atom. The molecule has 1 heterocycles. The smallest absolute Gasteiger partial charge is 0.326 e. The van der Waals surface area contributed by atoms with Crippen LogP contribution in [-0.4, -0.2) is 36.0 Å². The summed E-state index contributed by atoms with van der Waals surface area (Å²) in [5.74, 6) is 0. The summed E-state index contributed by atoms with van der Waals surface area (Å²) in [6, 6.07) is -0.501. The highest BCUT2D eigenvalue weighted by molar-refractivity contribution is 7.26. The third kappa shape index (κ3) is 9.02. The van der Waals surface area contributed by atoms with E-state index in [2.05, 4.69) is 31.5 Å². The van der Waals surface area contributed by atoms with Gasteiger partial charge in [-0.3, -0.25) is 9.99 Å². The molecule has 0 atom stereocenters. The van der Waals surface area contributed by atoms with Crippen LogP contribution in [0.2, 0.25) is 0 Å². The maximum atomic E-state index is 11.0. The van der Waals surface area contributed by atoms with Crippen LogP contribution in [0.3, 0.4) is 0 Å². The van der Waals surface area contributed by atoms with Crippen molar-refractivity contribution in [2.45, 2.75) is 64.5 Å². The number of carbonyl (C=O) groups is 1. The van der Waals surface area contributed by atoms with Crippen LogP contribution in [-0.2, 0) is 4.57 Å². The lowest BCUT2D eigenvalue weighted by Gasteiger charge is -2.23. The predicted molar refractivity (Wildman–Crippen MR) is 87.4 cm³/mol. The number of unbranched alkanes of at least 4 members (excludes halogenated alkanes) is 2. The van der Waals surface area contributed by atoms with E-state index < -0.39 is 6.03 Å². The molecule has 0 aromatic rings. The van der Waals surface area contributed by atoms with E-state index in [9.17, 15) is 9.36 Å². The lowest BCUT2D eigenvalue weighted by molar-refractivity contribution is 0.204. The fourth-order valence-electron chi connectivity index (χ4n) is 2.24. The monoisotopic (exact) mass is 318 g/mol. The van der Waals surface area contributed by atoms with Crippen molar-refractivity contribution in [3.63, 3.8) is 0 Å². The van der Waals surface area contributed by atoms with Crippen LogP contribution in [0.5, 0.6) is 0 Å². The number of rotatable bonds is 8. The quantitative estimate of drug-likeness (QED) is 0.474. The molecule has 0 radical (unpaired) electrons. The van der Waals surface area contributed by atoms with E-state index in [1.165, 1.54) is 19.3 Å². The van der Waals surface area contributed by atoms with Crippen molar-refractivity contribution in [3.8, 4) is 0 Å². The number of nitrogens with two attached hydrogens (primary N) is 1. The number of nitrogens with one attached hydrogen (secondary N) is 2. The SMILES string of the molecule is CCCCCC(CC)(CC)P=O.NC(=O)NN1CCNC1. The van der Waals surface area contributed by atoms with E-state index in [0.29, 0.717) is 15.1 Å². The van der Waals surface area contributed by atoms with E-state index in [1.54, 1.807) is 5.01 Å². The van der Waals surface area contributed by atoms with Crippen molar-refractivity contribution in [2.24, 2.45) is 5.73 Å². The zero-order valence-corrected chi connectivity index (χ0v) is 14.5.